The Kier molecular flexibility index (Phi) is 3.63. The smallest absolute Gasteiger partial charge is 0.0842 e. The fraction of sp³-hybridized carbons (Fsp3) is 1.00. The summed E-state index contributed by atoms with van der Waals surface area (Å²) in [5.74, 6) is 0. The van der Waals surface area contributed by atoms with Crippen LogP contribution in [0.25, 0.3) is 0 Å². The minimum absolute atomic E-state index is 0.675. The number of hydrazine groups is 1. The van der Waals surface area contributed by atoms with Crippen LogP contribution in [-0.2, 0) is 9.88 Å². The van der Waals surface area contributed by atoms with Crippen molar-refractivity contribution in [1.82, 2.24) is 11.0 Å². The summed E-state index contributed by atoms with van der Waals surface area (Å²) in [6.45, 7) is 1.61. The maximum absolute atomic E-state index is 4.68. The van der Waals surface area contributed by atoms with Gasteiger partial charge in [-0.3, -0.25) is 0 Å². The predicted molar refractivity (Wildman–Crippen MR) is 32.0 cm³/mol. The first-order valence-electron chi connectivity index (χ1n) is 3.26. The molecule has 4 nitrogen and oxygen atoms in total. The molecule has 1 aliphatic rings. The Labute approximate surface area is 54.4 Å². The van der Waals surface area contributed by atoms with Crippen LogP contribution in [0.3, 0.4) is 0 Å². The zero-order chi connectivity index (χ0) is 6.36. The maximum Gasteiger partial charge on any atom is 0.0842 e. The molecule has 1 aliphatic heterocycles. The minimum Gasteiger partial charge on any atom is -0.232 e. The molecular weight excluding hydrogens is 120 g/mol. The Hall–Kier alpha value is -0.160. The Bertz CT molecular complexity index is 41.4. The lowest BCUT2D eigenvalue weighted by Crippen LogP contribution is -2.31. The second-order valence-corrected chi connectivity index (χ2v) is 1.99. The largest absolute Gasteiger partial charge is 0.232 e. The lowest BCUT2D eigenvalue weighted by molar-refractivity contribution is -0.344. The Morgan fingerprint density at radius 1 is 1.11 bits per heavy atom. The van der Waals surface area contributed by atoms with Gasteiger partial charge in [-0.1, -0.05) is 0 Å². The molecule has 4 heteroatoms. The fourth-order valence-corrected chi connectivity index (χ4v) is 0.703. The minimum atomic E-state index is 0.675. The maximum atomic E-state index is 4.68. The van der Waals surface area contributed by atoms with Gasteiger partial charge in [-0.25, -0.2) is 10.3 Å². The lowest BCUT2D eigenvalue weighted by Gasteiger charge is -2.00. The van der Waals surface area contributed by atoms with Gasteiger partial charge in [0.15, 0.2) is 0 Å². The third-order valence-electron chi connectivity index (χ3n) is 1.20. The molecule has 1 rings (SSSR count). The number of hydrogen-bond donors (Lipinski definition) is 2. The Balaban J connectivity index is 2.02. The van der Waals surface area contributed by atoms with Crippen LogP contribution < -0.4 is 11.0 Å². The van der Waals surface area contributed by atoms with E-state index in [9.17, 15) is 0 Å². The van der Waals surface area contributed by atoms with Crippen LogP contribution in [0.2, 0.25) is 0 Å². The van der Waals surface area contributed by atoms with E-state index in [0.717, 1.165) is 13.0 Å². The van der Waals surface area contributed by atoms with Crippen LogP contribution in [0.5, 0.6) is 0 Å². The van der Waals surface area contributed by atoms with Gasteiger partial charge in [-0.2, -0.15) is 0 Å². The summed E-state index contributed by atoms with van der Waals surface area (Å²) in [6, 6.07) is 0. The molecular formula is C5H12N2O2. The van der Waals surface area contributed by atoms with E-state index in [-0.39, 0.29) is 0 Å². The third kappa shape index (κ3) is 3.42. The number of rotatable bonds is 0. The number of hydrogen-bond acceptors (Lipinski definition) is 4. The average molecular weight is 132 g/mol. The molecule has 9 heavy (non-hydrogen) atoms. The highest BCUT2D eigenvalue weighted by atomic mass is 17.3. The van der Waals surface area contributed by atoms with Crippen molar-refractivity contribution in [2.24, 2.45) is 0 Å². The highest BCUT2D eigenvalue weighted by Crippen LogP contribution is 1.95. The van der Waals surface area contributed by atoms with Gasteiger partial charge < -0.3 is 0 Å². The second kappa shape index (κ2) is 4.69. The topological polar surface area (TPSA) is 42.5 Å². The van der Waals surface area contributed by atoms with Crippen molar-refractivity contribution in [1.29, 1.82) is 0 Å². The molecule has 0 aromatic heterocycles. The summed E-state index contributed by atoms with van der Waals surface area (Å²) in [5.41, 5.74) is 5.28. The molecule has 0 saturated carbocycles. The summed E-state index contributed by atoms with van der Waals surface area (Å²) in [4.78, 5) is 9.17. The van der Waals surface area contributed by atoms with Crippen molar-refractivity contribution < 1.29 is 9.88 Å². The molecule has 1 fully saturated rings. The van der Waals surface area contributed by atoms with E-state index in [4.69, 9.17) is 0 Å². The van der Waals surface area contributed by atoms with Gasteiger partial charge in [0.25, 0.3) is 0 Å². The molecule has 0 aromatic rings. The molecule has 1 saturated heterocycles. The summed E-state index contributed by atoms with van der Waals surface area (Å²) < 4.78 is 0. The fourth-order valence-electron chi connectivity index (χ4n) is 0.703. The van der Waals surface area contributed by atoms with Crippen LogP contribution in [0.15, 0.2) is 0 Å². The van der Waals surface area contributed by atoms with E-state index in [1.54, 1.807) is 0 Å². The average Bonchev–Trinajstić information content (AvgIpc) is 2.00. The van der Waals surface area contributed by atoms with Crippen molar-refractivity contribution in [3.63, 3.8) is 0 Å². The van der Waals surface area contributed by atoms with Gasteiger partial charge in [-0.05, 0) is 19.3 Å². The summed E-state index contributed by atoms with van der Waals surface area (Å²) in [6.07, 6.45) is 3.43. The standard InChI is InChI=1S/C5H12N2O2/c1-2-4-6-7-9-8-5-3-1/h6-7H,1-5H2. The third-order valence-corrected chi connectivity index (χ3v) is 1.20. The van der Waals surface area contributed by atoms with E-state index in [0.29, 0.717) is 6.61 Å². The van der Waals surface area contributed by atoms with Crippen molar-refractivity contribution in [2.75, 3.05) is 13.2 Å². The predicted octanol–water partition coefficient (Wildman–Crippen LogP) is 0.128. The van der Waals surface area contributed by atoms with Crippen LogP contribution in [0.1, 0.15) is 19.3 Å². The zero-order valence-electron chi connectivity index (χ0n) is 5.35. The molecule has 0 aromatic carbocycles. The van der Waals surface area contributed by atoms with Crippen LogP contribution >= 0.6 is 0 Å². The molecule has 0 aliphatic carbocycles. The quantitative estimate of drug-likeness (QED) is 0.460. The highest BCUT2D eigenvalue weighted by Gasteiger charge is 1.94. The molecule has 0 unspecified atom stereocenters. The van der Waals surface area contributed by atoms with E-state index >= 15 is 0 Å². The lowest BCUT2D eigenvalue weighted by atomic mass is 10.2. The molecule has 0 atom stereocenters. The van der Waals surface area contributed by atoms with Crippen molar-refractivity contribution >= 4 is 0 Å². The molecule has 0 bridgehead atoms. The SMILES string of the molecule is C1CCNNOOCC1. The molecule has 0 spiro atoms. The Morgan fingerprint density at radius 3 is 3.11 bits per heavy atom. The van der Waals surface area contributed by atoms with Crippen molar-refractivity contribution in [3.8, 4) is 0 Å². The molecule has 0 radical (unpaired) electrons. The zero-order valence-corrected chi connectivity index (χ0v) is 5.35. The first kappa shape index (κ1) is 6.95. The first-order chi connectivity index (χ1) is 4.50. The van der Waals surface area contributed by atoms with Gasteiger partial charge >= 0.3 is 0 Å². The van der Waals surface area contributed by atoms with Crippen LogP contribution in [0.4, 0.5) is 0 Å². The van der Waals surface area contributed by atoms with Crippen LogP contribution in [0, 0.1) is 0 Å². The van der Waals surface area contributed by atoms with E-state index in [2.05, 4.69) is 20.9 Å². The van der Waals surface area contributed by atoms with Crippen molar-refractivity contribution in [2.45, 2.75) is 19.3 Å². The molecule has 54 valence electrons. The van der Waals surface area contributed by atoms with Crippen molar-refractivity contribution in [3.05, 3.63) is 0 Å². The van der Waals surface area contributed by atoms with E-state index < -0.39 is 0 Å². The highest BCUT2D eigenvalue weighted by molar-refractivity contribution is 4.42. The van der Waals surface area contributed by atoms with Gasteiger partial charge in [-0.15, -0.1) is 10.6 Å². The molecule has 0 amide bonds. The monoisotopic (exact) mass is 132 g/mol. The summed E-state index contributed by atoms with van der Waals surface area (Å²) in [5, 5.41) is 0. The first-order valence-corrected chi connectivity index (χ1v) is 3.26. The second-order valence-electron chi connectivity index (χ2n) is 1.99. The van der Waals surface area contributed by atoms with E-state index in [1.165, 1.54) is 12.8 Å². The normalized spacial score (nSPS) is 24.0. The van der Waals surface area contributed by atoms with Gasteiger partial charge in [0.1, 0.15) is 0 Å². The summed E-state index contributed by atoms with van der Waals surface area (Å²) in [7, 11) is 0. The van der Waals surface area contributed by atoms with E-state index in [1.807, 2.05) is 0 Å². The summed E-state index contributed by atoms with van der Waals surface area (Å²) >= 11 is 0. The number of nitrogens with one attached hydrogen (secondary N) is 2. The van der Waals surface area contributed by atoms with Crippen LogP contribution in [-0.4, -0.2) is 13.2 Å². The van der Waals surface area contributed by atoms with Gasteiger partial charge in [0, 0.05) is 6.54 Å². The molecule has 2 N–H and O–H groups in total. The van der Waals surface area contributed by atoms with Gasteiger partial charge in [0.05, 0.1) is 6.61 Å². The molecule has 1 heterocycles. The van der Waals surface area contributed by atoms with Gasteiger partial charge in [0.2, 0.25) is 0 Å². The Morgan fingerprint density at radius 2 is 2.11 bits per heavy atom.